The van der Waals surface area contributed by atoms with Gasteiger partial charge in [-0.05, 0) is 86.8 Å². The highest BCUT2D eigenvalue weighted by atomic mass is 19.1. The fraction of sp³-hybridized carbons (Fsp3) is 0.654. The smallest absolute Gasteiger partial charge is 0.310 e. The molecule has 2 aromatic rings. The topological polar surface area (TPSA) is 83.3 Å². The summed E-state index contributed by atoms with van der Waals surface area (Å²) in [5, 5.41) is 17.8. The van der Waals surface area contributed by atoms with Gasteiger partial charge in [0.25, 0.3) is 0 Å². The first kappa shape index (κ1) is 26.1. The number of nitrogens with one attached hydrogen (secondary N) is 1. The van der Waals surface area contributed by atoms with Crippen LogP contribution in [0.4, 0.5) is 16.0 Å². The molecule has 8 heteroatoms. The van der Waals surface area contributed by atoms with E-state index in [2.05, 4.69) is 68.8 Å². The summed E-state index contributed by atoms with van der Waals surface area (Å²) in [5.41, 5.74) is 0.793. The maximum absolute atomic E-state index is 15.0. The summed E-state index contributed by atoms with van der Waals surface area (Å²) in [4.78, 5) is 19.4. The van der Waals surface area contributed by atoms with Crippen molar-refractivity contribution in [1.82, 2.24) is 19.7 Å². The SMILES string of the molecule is Cc1cc(C[C@@]2(C(=O)O)CCN(C(C)(C)C)[C@H](C)C2)nc(Nc2cc(C)n(C(C)(C)C)n2)c1F. The Bertz CT molecular complexity index is 1070. The minimum absolute atomic E-state index is 0.0273. The molecule has 1 saturated heterocycles. The standard InChI is InChI=1S/C26H40FN5O2/c1-16-12-19(15-26(23(33)34)10-11-31(18(3)14-26)24(4,5)6)28-22(21(16)27)29-20-13-17(2)32(30-20)25(7,8)9/h12-13,18H,10-11,14-15H2,1-9H3,(H,33,34)(H,28,29,30)/t18-,26-/m1/s1. The molecule has 0 unspecified atom stereocenters. The number of pyridine rings is 1. The van der Waals surface area contributed by atoms with E-state index < -0.39 is 17.2 Å². The molecule has 7 nitrogen and oxygen atoms in total. The highest BCUT2D eigenvalue weighted by Gasteiger charge is 2.46. The van der Waals surface area contributed by atoms with Crippen LogP contribution in [0.1, 0.15) is 78.3 Å². The Morgan fingerprint density at radius 1 is 1.21 bits per heavy atom. The van der Waals surface area contributed by atoms with Gasteiger partial charge in [-0.25, -0.2) is 9.37 Å². The number of aliphatic carboxylic acids is 1. The van der Waals surface area contributed by atoms with Crippen LogP contribution in [0.2, 0.25) is 0 Å². The van der Waals surface area contributed by atoms with E-state index in [1.54, 1.807) is 13.0 Å². The number of aryl methyl sites for hydroxylation is 2. The van der Waals surface area contributed by atoms with Gasteiger partial charge in [-0.3, -0.25) is 14.4 Å². The van der Waals surface area contributed by atoms with E-state index in [1.807, 2.05) is 17.7 Å². The normalized spacial score (nSPS) is 22.1. The number of hydrogen-bond donors (Lipinski definition) is 2. The van der Waals surface area contributed by atoms with E-state index in [1.165, 1.54) is 0 Å². The third-order valence-corrected chi connectivity index (χ3v) is 6.85. The Morgan fingerprint density at radius 2 is 1.85 bits per heavy atom. The molecular weight excluding hydrogens is 433 g/mol. The maximum atomic E-state index is 15.0. The molecule has 2 atom stereocenters. The Labute approximate surface area is 202 Å². The van der Waals surface area contributed by atoms with Crippen LogP contribution in [0.15, 0.2) is 12.1 Å². The number of halogens is 1. The van der Waals surface area contributed by atoms with Crippen LogP contribution in [0.25, 0.3) is 0 Å². The van der Waals surface area contributed by atoms with Gasteiger partial charge in [-0.1, -0.05) is 0 Å². The molecule has 34 heavy (non-hydrogen) atoms. The lowest BCUT2D eigenvalue weighted by Crippen LogP contribution is -2.56. The second-order valence-corrected chi connectivity index (χ2v) is 11.9. The fourth-order valence-corrected chi connectivity index (χ4v) is 5.34. The minimum atomic E-state index is -0.930. The van der Waals surface area contributed by atoms with Gasteiger partial charge in [0.05, 0.1) is 11.0 Å². The molecule has 3 heterocycles. The molecule has 1 aliphatic rings. The molecule has 0 aliphatic carbocycles. The second kappa shape index (κ2) is 8.95. The van der Waals surface area contributed by atoms with Gasteiger partial charge in [-0.15, -0.1) is 0 Å². The first-order chi connectivity index (χ1) is 15.5. The predicted molar refractivity (Wildman–Crippen MR) is 133 cm³/mol. The summed E-state index contributed by atoms with van der Waals surface area (Å²) < 4.78 is 16.9. The second-order valence-electron chi connectivity index (χ2n) is 11.9. The Morgan fingerprint density at radius 3 is 2.35 bits per heavy atom. The third-order valence-electron chi connectivity index (χ3n) is 6.85. The van der Waals surface area contributed by atoms with E-state index in [-0.39, 0.29) is 29.4 Å². The number of carboxylic acid groups (broad SMARTS) is 1. The number of hydrogen-bond acceptors (Lipinski definition) is 5. The van der Waals surface area contributed by atoms with E-state index in [0.717, 1.165) is 5.69 Å². The van der Waals surface area contributed by atoms with Crippen LogP contribution in [-0.4, -0.2) is 48.9 Å². The summed E-state index contributed by atoms with van der Waals surface area (Å²) >= 11 is 0. The van der Waals surface area contributed by atoms with Crippen LogP contribution >= 0.6 is 0 Å². The lowest BCUT2D eigenvalue weighted by atomic mass is 9.71. The lowest BCUT2D eigenvalue weighted by molar-refractivity contribution is -0.155. The Balaban J connectivity index is 1.90. The van der Waals surface area contributed by atoms with E-state index >= 15 is 4.39 Å². The number of carboxylic acids is 1. The molecule has 0 aromatic carbocycles. The van der Waals surface area contributed by atoms with Gasteiger partial charge < -0.3 is 10.4 Å². The average molecular weight is 474 g/mol. The summed E-state index contributed by atoms with van der Waals surface area (Å²) in [6, 6.07) is 3.65. The summed E-state index contributed by atoms with van der Waals surface area (Å²) in [5.74, 6) is -0.678. The van der Waals surface area contributed by atoms with Gasteiger partial charge in [0.15, 0.2) is 17.5 Å². The molecule has 2 N–H and O–H groups in total. The lowest BCUT2D eigenvalue weighted by Gasteiger charge is -2.49. The van der Waals surface area contributed by atoms with Crippen molar-refractivity contribution in [2.75, 3.05) is 11.9 Å². The zero-order valence-electron chi connectivity index (χ0n) is 22.1. The van der Waals surface area contributed by atoms with E-state index in [0.29, 0.717) is 36.5 Å². The van der Waals surface area contributed by atoms with Gasteiger partial charge >= 0.3 is 5.97 Å². The minimum Gasteiger partial charge on any atom is -0.481 e. The average Bonchev–Trinajstić information content (AvgIpc) is 3.05. The van der Waals surface area contributed by atoms with Gasteiger partial charge in [-0.2, -0.15) is 5.10 Å². The molecule has 0 spiro atoms. The van der Waals surface area contributed by atoms with Crippen LogP contribution in [0.3, 0.4) is 0 Å². The molecule has 0 amide bonds. The molecule has 3 rings (SSSR count). The molecule has 0 saturated carbocycles. The molecule has 1 aliphatic heterocycles. The zero-order valence-corrected chi connectivity index (χ0v) is 22.1. The molecule has 188 valence electrons. The van der Waals surface area contributed by atoms with E-state index in [9.17, 15) is 9.90 Å². The van der Waals surface area contributed by atoms with E-state index in [4.69, 9.17) is 0 Å². The third kappa shape index (κ3) is 5.27. The summed E-state index contributed by atoms with van der Waals surface area (Å²) in [6.45, 7) is 19.1. The van der Waals surface area contributed by atoms with Crippen molar-refractivity contribution in [2.24, 2.45) is 5.41 Å². The van der Waals surface area contributed by atoms with Crippen molar-refractivity contribution in [1.29, 1.82) is 0 Å². The Hall–Kier alpha value is -2.48. The van der Waals surface area contributed by atoms with Crippen molar-refractivity contribution in [2.45, 2.75) is 98.7 Å². The maximum Gasteiger partial charge on any atom is 0.310 e. The van der Waals surface area contributed by atoms with Crippen molar-refractivity contribution in [3.05, 3.63) is 34.9 Å². The highest BCUT2D eigenvalue weighted by molar-refractivity contribution is 5.75. The summed E-state index contributed by atoms with van der Waals surface area (Å²) in [6.07, 6.45) is 1.31. The molecule has 0 bridgehead atoms. The molecule has 0 radical (unpaired) electrons. The number of aromatic nitrogens is 3. The van der Waals surface area contributed by atoms with Crippen molar-refractivity contribution in [3.63, 3.8) is 0 Å². The van der Waals surface area contributed by atoms with Crippen LogP contribution in [0.5, 0.6) is 0 Å². The van der Waals surface area contributed by atoms with Crippen molar-refractivity contribution in [3.8, 4) is 0 Å². The first-order valence-electron chi connectivity index (χ1n) is 12.0. The monoisotopic (exact) mass is 473 g/mol. The number of likely N-dealkylation sites (tertiary alicyclic amines) is 1. The zero-order chi connectivity index (χ0) is 25.6. The van der Waals surface area contributed by atoms with Crippen molar-refractivity contribution >= 4 is 17.6 Å². The largest absolute Gasteiger partial charge is 0.481 e. The number of carbonyl (C=O) groups is 1. The van der Waals surface area contributed by atoms with Crippen LogP contribution < -0.4 is 5.32 Å². The molecule has 1 fully saturated rings. The highest BCUT2D eigenvalue weighted by Crippen LogP contribution is 2.41. The van der Waals surface area contributed by atoms with Crippen LogP contribution in [-0.2, 0) is 16.8 Å². The van der Waals surface area contributed by atoms with Crippen molar-refractivity contribution < 1.29 is 14.3 Å². The fourth-order valence-electron chi connectivity index (χ4n) is 5.34. The van der Waals surface area contributed by atoms with Gasteiger partial charge in [0, 0.05) is 42.0 Å². The first-order valence-corrected chi connectivity index (χ1v) is 12.0. The quantitative estimate of drug-likeness (QED) is 0.603. The Kier molecular flexibility index (Phi) is 6.88. The van der Waals surface area contributed by atoms with Gasteiger partial charge in [0.2, 0.25) is 0 Å². The van der Waals surface area contributed by atoms with Gasteiger partial charge in [0.1, 0.15) is 0 Å². The number of anilines is 2. The van der Waals surface area contributed by atoms with Crippen LogP contribution in [0, 0.1) is 25.1 Å². The number of nitrogens with zero attached hydrogens (tertiary/aromatic N) is 4. The number of rotatable bonds is 5. The molecule has 2 aromatic heterocycles. The summed E-state index contributed by atoms with van der Waals surface area (Å²) in [7, 11) is 0. The number of piperidine rings is 1. The predicted octanol–water partition coefficient (Wildman–Crippen LogP) is 5.43. The molecular formula is C26H40FN5O2.